The van der Waals surface area contributed by atoms with E-state index in [1.165, 1.54) is 4.68 Å². The molecule has 0 aliphatic heterocycles. The summed E-state index contributed by atoms with van der Waals surface area (Å²) >= 11 is 0. The van der Waals surface area contributed by atoms with Gasteiger partial charge in [0, 0.05) is 5.39 Å². The van der Waals surface area contributed by atoms with E-state index >= 15 is 0 Å². The van der Waals surface area contributed by atoms with Gasteiger partial charge in [0.05, 0.1) is 36.2 Å². The second-order valence-corrected chi connectivity index (χ2v) is 7.27. The second kappa shape index (κ2) is 8.39. The van der Waals surface area contributed by atoms with Crippen molar-refractivity contribution in [1.82, 2.24) is 25.0 Å². The van der Waals surface area contributed by atoms with Crippen molar-refractivity contribution in [2.75, 3.05) is 12.4 Å². The third-order valence-corrected chi connectivity index (χ3v) is 4.82. The maximum Gasteiger partial charge on any atom is 0.274 e. The number of H-pyrrole nitrogens is 1. The van der Waals surface area contributed by atoms with E-state index in [9.17, 15) is 9.59 Å². The Kier molecular flexibility index (Phi) is 5.48. The molecular weight excluding hydrogens is 396 g/mol. The summed E-state index contributed by atoms with van der Waals surface area (Å²) in [6, 6.07) is 14.4. The molecule has 0 fully saturated rings. The molecule has 2 aromatic heterocycles. The zero-order chi connectivity index (χ0) is 22.0. The van der Waals surface area contributed by atoms with Crippen LogP contribution in [-0.2, 0) is 11.2 Å². The highest BCUT2D eigenvalue weighted by Gasteiger charge is 2.17. The predicted molar refractivity (Wildman–Crippen MR) is 117 cm³/mol. The molecule has 1 amide bonds. The summed E-state index contributed by atoms with van der Waals surface area (Å²) in [5, 5.41) is 15.2. The lowest BCUT2D eigenvalue weighted by Gasteiger charge is -2.13. The summed E-state index contributed by atoms with van der Waals surface area (Å²) in [5.74, 6) is 0.928. The standard InChI is InChI=1S/C22H22N6O3/c1-13(2)28-21(30)15-9-5-4-8-14(15)17(27-28)12-19(29)23-22-24-20(25-26-22)16-10-6-7-11-18(16)31-3/h4-11,13H,12H2,1-3H3,(H2,23,24,25,26,29). The van der Waals surface area contributed by atoms with E-state index < -0.39 is 0 Å². The number of nitrogens with zero attached hydrogens (tertiary/aromatic N) is 4. The Labute approximate surface area is 178 Å². The Hall–Kier alpha value is -4.01. The number of hydrogen-bond donors (Lipinski definition) is 2. The Morgan fingerprint density at radius 2 is 1.84 bits per heavy atom. The van der Waals surface area contributed by atoms with Crippen LogP contribution in [0.15, 0.2) is 53.3 Å². The summed E-state index contributed by atoms with van der Waals surface area (Å²) in [4.78, 5) is 29.7. The van der Waals surface area contributed by atoms with Gasteiger partial charge < -0.3 is 4.74 Å². The lowest BCUT2D eigenvalue weighted by Crippen LogP contribution is -2.27. The van der Waals surface area contributed by atoms with Crippen LogP contribution in [0.5, 0.6) is 5.75 Å². The monoisotopic (exact) mass is 418 g/mol. The maximum absolute atomic E-state index is 12.7. The van der Waals surface area contributed by atoms with Gasteiger partial charge in [0.1, 0.15) is 5.75 Å². The third kappa shape index (κ3) is 4.02. The van der Waals surface area contributed by atoms with Crippen LogP contribution in [0.3, 0.4) is 0 Å². The molecule has 4 aromatic rings. The highest BCUT2D eigenvalue weighted by molar-refractivity contribution is 5.94. The molecule has 0 spiro atoms. The maximum atomic E-state index is 12.7. The fourth-order valence-electron chi connectivity index (χ4n) is 3.35. The molecule has 0 radical (unpaired) electrons. The molecule has 0 bridgehead atoms. The number of fused-ring (bicyclic) bond motifs is 1. The average molecular weight is 418 g/mol. The van der Waals surface area contributed by atoms with E-state index in [1.54, 1.807) is 25.3 Å². The van der Waals surface area contributed by atoms with Gasteiger partial charge in [0.15, 0.2) is 5.82 Å². The number of benzene rings is 2. The number of aromatic nitrogens is 5. The van der Waals surface area contributed by atoms with Crippen molar-refractivity contribution in [2.24, 2.45) is 0 Å². The van der Waals surface area contributed by atoms with Gasteiger partial charge in [-0.15, -0.1) is 5.10 Å². The van der Waals surface area contributed by atoms with Crippen molar-refractivity contribution in [3.8, 4) is 17.1 Å². The number of nitrogens with one attached hydrogen (secondary N) is 2. The van der Waals surface area contributed by atoms with Gasteiger partial charge in [-0.2, -0.15) is 10.1 Å². The van der Waals surface area contributed by atoms with Crippen molar-refractivity contribution in [1.29, 1.82) is 0 Å². The Morgan fingerprint density at radius 3 is 2.58 bits per heavy atom. The van der Waals surface area contributed by atoms with Gasteiger partial charge in [0.2, 0.25) is 11.9 Å². The molecule has 0 unspecified atom stereocenters. The van der Waals surface area contributed by atoms with Crippen LogP contribution in [0.2, 0.25) is 0 Å². The first-order valence-electron chi connectivity index (χ1n) is 9.84. The van der Waals surface area contributed by atoms with Crippen LogP contribution in [-0.4, -0.2) is 38.0 Å². The predicted octanol–water partition coefficient (Wildman–Crippen LogP) is 2.95. The molecule has 0 saturated heterocycles. The van der Waals surface area contributed by atoms with Gasteiger partial charge in [-0.3, -0.25) is 20.0 Å². The number of amides is 1. The molecular formula is C22H22N6O3. The van der Waals surface area contributed by atoms with E-state index in [1.807, 2.05) is 44.2 Å². The van der Waals surface area contributed by atoms with Crippen LogP contribution in [0.25, 0.3) is 22.2 Å². The summed E-state index contributed by atoms with van der Waals surface area (Å²) in [6.07, 6.45) is -0.0218. The second-order valence-electron chi connectivity index (χ2n) is 7.27. The van der Waals surface area contributed by atoms with Crippen molar-refractivity contribution in [2.45, 2.75) is 26.3 Å². The third-order valence-electron chi connectivity index (χ3n) is 4.82. The fraction of sp³-hybridized carbons (Fsp3) is 0.227. The van der Waals surface area contributed by atoms with Gasteiger partial charge in [0.25, 0.3) is 5.56 Å². The van der Waals surface area contributed by atoms with Crippen molar-refractivity contribution in [3.05, 3.63) is 64.6 Å². The smallest absolute Gasteiger partial charge is 0.274 e. The van der Waals surface area contributed by atoms with Gasteiger partial charge >= 0.3 is 0 Å². The molecule has 2 N–H and O–H groups in total. The zero-order valence-electron chi connectivity index (χ0n) is 17.4. The number of para-hydroxylation sites is 1. The molecule has 158 valence electrons. The van der Waals surface area contributed by atoms with E-state index in [2.05, 4.69) is 25.6 Å². The number of anilines is 1. The largest absolute Gasteiger partial charge is 0.496 e. The van der Waals surface area contributed by atoms with Crippen LogP contribution in [0, 0.1) is 0 Å². The number of carbonyl (C=O) groups is 1. The number of rotatable bonds is 6. The van der Waals surface area contributed by atoms with E-state index in [-0.39, 0.29) is 29.9 Å². The molecule has 0 aliphatic carbocycles. The van der Waals surface area contributed by atoms with Crippen molar-refractivity contribution in [3.63, 3.8) is 0 Å². The highest BCUT2D eigenvalue weighted by Crippen LogP contribution is 2.27. The lowest BCUT2D eigenvalue weighted by atomic mass is 10.1. The molecule has 0 aliphatic rings. The number of ether oxygens (including phenoxy) is 1. The quantitative estimate of drug-likeness (QED) is 0.497. The minimum atomic E-state index is -0.336. The molecule has 31 heavy (non-hydrogen) atoms. The van der Waals surface area contributed by atoms with Gasteiger partial charge in [-0.1, -0.05) is 30.3 Å². The molecule has 4 rings (SSSR count). The molecule has 0 atom stereocenters. The number of methoxy groups -OCH3 is 1. The number of aromatic amines is 1. The first-order chi connectivity index (χ1) is 15.0. The van der Waals surface area contributed by atoms with E-state index in [4.69, 9.17) is 4.74 Å². The Morgan fingerprint density at radius 1 is 1.13 bits per heavy atom. The summed E-state index contributed by atoms with van der Waals surface area (Å²) in [5.41, 5.74) is 1.07. The molecule has 2 heterocycles. The Bertz CT molecular complexity index is 1310. The summed E-state index contributed by atoms with van der Waals surface area (Å²) in [6.45, 7) is 3.75. The molecule has 2 aromatic carbocycles. The number of carbonyl (C=O) groups excluding carboxylic acids is 1. The van der Waals surface area contributed by atoms with Crippen LogP contribution in [0.4, 0.5) is 5.95 Å². The van der Waals surface area contributed by atoms with Crippen LogP contribution >= 0.6 is 0 Å². The topological polar surface area (TPSA) is 115 Å². The van der Waals surface area contributed by atoms with Gasteiger partial charge in [-0.05, 0) is 32.0 Å². The molecule has 9 heteroatoms. The minimum Gasteiger partial charge on any atom is -0.496 e. The highest BCUT2D eigenvalue weighted by atomic mass is 16.5. The van der Waals surface area contributed by atoms with E-state index in [0.717, 1.165) is 5.56 Å². The number of hydrogen-bond acceptors (Lipinski definition) is 6. The zero-order valence-corrected chi connectivity index (χ0v) is 17.4. The van der Waals surface area contributed by atoms with Crippen LogP contribution in [0.1, 0.15) is 25.6 Å². The average Bonchev–Trinajstić information content (AvgIpc) is 3.23. The van der Waals surface area contributed by atoms with Gasteiger partial charge in [-0.25, -0.2) is 4.68 Å². The fourth-order valence-corrected chi connectivity index (χ4v) is 3.35. The molecule has 9 nitrogen and oxygen atoms in total. The van der Waals surface area contributed by atoms with Crippen molar-refractivity contribution >= 4 is 22.6 Å². The van der Waals surface area contributed by atoms with Crippen molar-refractivity contribution < 1.29 is 9.53 Å². The Balaban J connectivity index is 1.59. The van der Waals surface area contributed by atoms with E-state index in [0.29, 0.717) is 28.0 Å². The van der Waals surface area contributed by atoms with Crippen LogP contribution < -0.4 is 15.6 Å². The SMILES string of the molecule is COc1ccccc1-c1nc(NC(=O)Cc2nn(C(C)C)c(=O)c3ccccc23)n[nH]1. The summed E-state index contributed by atoms with van der Waals surface area (Å²) in [7, 11) is 1.58. The lowest BCUT2D eigenvalue weighted by molar-refractivity contribution is -0.115. The summed E-state index contributed by atoms with van der Waals surface area (Å²) < 4.78 is 6.74. The normalized spacial score (nSPS) is 11.1. The minimum absolute atomic E-state index is 0.0218. The first kappa shape index (κ1) is 20.3. The molecule has 0 saturated carbocycles. The first-order valence-corrected chi connectivity index (χ1v) is 9.84.